The molecule has 2 rings (SSSR count). The minimum absolute atomic E-state index is 0.179. The summed E-state index contributed by atoms with van der Waals surface area (Å²) in [6.07, 6.45) is 20.3. The van der Waals surface area contributed by atoms with Crippen LogP contribution in [0.1, 0.15) is 142 Å². The van der Waals surface area contributed by atoms with Gasteiger partial charge in [0.1, 0.15) is 0 Å². The van der Waals surface area contributed by atoms with E-state index in [4.69, 9.17) is 0 Å². The Labute approximate surface area is 299 Å². The van der Waals surface area contributed by atoms with E-state index in [9.17, 15) is 9.59 Å². The van der Waals surface area contributed by atoms with Gasteiger partial charge in [-0.05, 0) is 93.7 Å². The molecule has 49 heavy (non-hydrogen) atoms. The Kier molecular flexibility index (Phi) is 23.8. The zero-order chi connectivity index (χ0) is 35.4. The van der Waals surface area contributed by atoms with Crippen molar-refractivity contribution in [3.8, 4) is 0 Å². The molecule has 276 valence electrons. The van der Waals surface area contributed by atoms with Crippen LogP contribution in [-0.4, -0.2) is 61.4 Å². The summed E-state index contributed by atoms with van der Waals surface area (Å²) in [7, 11) is 0. The van der Waals surface area contributed by atoms with Gasteiger partial charge in [0.05, 0.1) is 13.3 Å². The van der Waals surface area contributed by atoms with Crippen LogP contribution in [0.4, 0.5) is 21.0 Å². The number of urea groups is 2. The van der Waals surface area contributed by atoms with Crippen molar-refractivity contribution >= 4 is 23.4 Å². The van der Waals surface area contributed by atoms with Gasteiger partial charge in [-0.15, -0.1) is 0 Å². The first-order valence-corrected chi connectivity index (χ1v) is 19.7. The summed E-state index contributed by atoms with van der Waals surface area (Å²) in [6.45, 7) is 14.2. The van der Waals surface area contributed by atoms with Gasteiger partial charge < -0.3 is 21.3 Å². The number of anilines is 2. The van der Waals surface area contributed by atoms with Crippen LogP contribution in [0.5, 0.6) is 0 Å². The molecule has 0 aliphatic heterocycles. The van der Waals surface area contributed by atoms with E-state index in [1.807, 2.05) is 36.4 Å². The molecule has 0 saturated carbocycles. The van der Waals surface area contributed by atoms with Crippen molar-refractivity contribution in [2.24, 2.45) is 0 Å². The van der Waals surface area contributed by atoms with Crippen molar-refractivity contribution in [1.82, 2.24) is 20.4 Å². The number of benzene rings is 2. The number of unbranched alkanes of at least 4 members (excludes halogenated alkanes) is 12. The maximum absolute atomic E-state index is 12.8. The number of nitrogens with zero attached hydrogens (tertiary/aromatic N) is 2. The molecule has 8 heteroatoms. The molecule has 8 nitrogen and oxygen atoms in total. The van der Waals surface area contributed by atoms with Gasteiger partial charge in [0.15, 0.2) is 0 Å². The first-order chi connectivity index (χ1) is 24.0. The van der Waals surface area contributed by atoms with Gasteiger partial charge in [-0.1, -0.05) is 129 Å². The summed E-state index contributed by atoms with van der Waals surface area (Å²) < 4.78 is 0. The quantitative estimate of drug-likeness (QED) is 0.0533. The highest BCUT2D eigenvalue weighted by molar-refractivity contribution is 5.89. The van der Waals surface area contributed by atoms with Crippen molar-refractivity contribution < 1.29 is 9.59 Å². The minimum atomic E-state index is -0.179. The smallest absolute Gasteiger partial charge is 0.320 e. The van der Waals surface area contributed by atoms with Crippen molar-refractivity contribution in [3.63, 3.8) is 0 Å². The molecule has 0 bridgehead atoms. The van der Waals surface area contributed by atoms with Crippen LogP contribution >= 0.6 is 0 Å². The third-order valence-electron chi connectivity index (χ3n) is 9.02. The number of hydrogen-bond donors (Lipinski definition) is 4. The number of hydrogen-bond acceptors (Lipinski definition) is 4. The van der Waals surface area contributed by atoms with E-state index in [1.165, 1.54) is 103 Å². The molecule has 0 unspecified atom stereocenters. The Bertz CT molecular complexity index is 1030. The zero-order valence-electron chi connectivity index (χ0n) is 31.6. The Morgan fingerprint density at radius 1 is 0.490 bits per heavy atom. The maximum atomic E-state index is 12.8. The fraction of sp³-hybridized carbons (Fsp3) is 0.659. The van der Waals surface area contributed by atoms with E-state index in [2.05, 4.69) is 70.9 Å². The molecule has 0 aliphatic carbocycles. The second-order valence-corrected chi connectivity index (χ2v) is 13.6. The van der Waals surface area contributed by atoms with E-state index < -0.39 is 0 Å². The largest absolute Gasteiger partial charge is 0.325 e. The lowest BCUT2D eigenvalue weighted by Gasteiger charge is -2.23. The normalized spacial score (nSPS) is 11.2. The lowest BCUT2D eigenvalue weighted by Crippen LogP contribution is -2.40. The SMILES string of the molecule is CCCCCCN(CCCCCC)CNC(=O)Nc1cccc(Cc2cccc(NC(=O)NCN(CCCCCC)CCCCCC)c2)c1. The van der Waals surface area contributed by atoms with Gasteiger partial charge in [-0.3, -0.25) is 9.80 Å². The molecule has 4 amide bonds. The van der Waals surface area contributed by atoms with Gasteiger partial charge in [-0.25, -0.2) is 9.59 Å². The lowest BCUT2D eigenvalue weighted by atomic mass is 10.0. The molecule has 0 aliphatic rings. The predicted octanol–water partition coefficient (Wildman–Crippen LogP) is 10.4. The van der Waals surface area contributed by atoms with E-state index >= 15 is 0 Å². The summed E-state index contributed by atoms with van der Waals surface area (Å²) in [5.74, 6) is 0. The number of amides is 4. The third-order valence-corrected chi connectivity index (χ3v) is 9.02. The van der Waals surface area contributed by atoms with Crippen LogP contribution in [0.2, 0.25) is 0 Å². The van der Waals surface area contributed by atoms with Gasteiger partial charge in [-0.2, -0.15) is 0 Å². The third kappa shape index (κ3) is 20.9. The van der Waals surface area contributed by atoms with Gasteiger partial charge >= 0.3 is 12.1 Å². The van der Waals surface area contributed by atoms with Crippen LogP contribution < -0.4 is 21.3 Å². The standard InChI is InChI=1S/C41H70N6O2/c1-5-9-13-17-27-46(28-18-14-10-6-2)34-42-40(48)44-38-25-21-23-36(32-38)31-37-24-22-26-39(33-37)45-41(49)43-35-47(29-19-15-11-7-3)30-20-16-12-8-4/h21-26,32-33H,5-20,27-31,34-35H2,1-4H3,(H2,42,44,48)(H2,43,45,49). The minimum Gasteiger partial charge on any atom is -0.325 e. The number of nitrogens with one attached hydrogen (secondary N) is 4. The predicted molar refractivity (Wildman–Crippen MR) is 209 cm³/mol. The fourth-order valence-corrected chi connectivity index (χ4v) is 6.06. The number of rotatable bonds is 28. The van der Waals surface area contributed by atoms with Gasteiger partial charge in [0.25, 0.3) is 0 Å². The Balaban J connectivity index is 1.86. The highest BCUT2D eigenvalue weighted by Gasteiger charge is 2.10. The van der Waals surface area contributed by atoms with Crippen molar-refractivity contribution in [2.45, 2.75) is 137 Å². The molecule has 0 heterocycles. The van der Waals surface area contributed by atoms with Crippen LogP contribution in [0.3, 0.4) is 0 Å². The molecular formula is C41H70N6O2. The molecule has 0 atom stereocenters. The summed E-state index contributed by atoms with van der Waals surface area (Å²) in [6, 6.07) is 15.6. The zero-order valence-corrected chi connectivity index (χ0v) is 31.6. The van der Waals surface area contributed by atoms with Crippen LogP contribution in [0, 0.1) is 0 Å². The fourth-order valence-electron chi connectivity index (χ4n) is 6.06. The molecule has 0 saturated heterocycles. The highest BCUT2D eigenvalue weighted by Crippen LogP contribution is 2.18. The second kappa shape index (κ2) is 27.7. The average Bonchev–Trinajstić information content (AvgIpc) is 3.09. The maximum Gasteiger partial charge on any atom is 0.320 e. The number of carbonyl (C=O) groups excluding carboxylic acids is 2. The van der Waals surface area contributed by atoms with Gasteiger partial charge in [0, 0.05) is 11.4 Å². The molecule has 0 radical (unpaired) electrons. The number of carbonyl (C=O) groups is 2. The van der Waals surface area contributed by atoms with Crippen LogP contribution in [-0.2, 0) is 6.42 Å². The van der Waals surface area contributed by atoms with E-state index in [0.29, 0.717) is 19.8 Å². The van der Waals surface area contributed by atoms with E-state index in [-0.39, 0.29) is 12.1 Å². The molecule has 0 spiro atoms. The Hall–Kier alpha value is -3.10. The highest BCUT2D eigenvalue weighted by atomic mass is 16.2. The second-order valence-electron chi connectivity index (χ2n) is 13.6. The Morgan fingerprint density at radius 3 is 1.16 bits per heavy atom. The van der Waals surface area contributed by atoms with Crippen molar-refractivity contribution in [3.05, 3.63) is 59.7 Å². The topological polar surface area (TPSA) is 88.7 Å². The molecule has 2 aromatic rings. The van der Waals surface area contributed by atoms with Crippen LogP contribution in [0.25, 0.3) is 0 Å². The summed E-state index contributed by atoms with van der Waals surface area (Å²) in [5, 5.41) is 12.2. The Morgan fingerprint density at radius 2 is 0.837 bits per heavy atom. The van der Waals surface area contributed by atoms with Gasteiger partial charge in [0.2, 0.25) is 0 Å². The summed E-state index contributed by atoms with van der Waals surface area (Å²) in [5.41, 5.74) is 3.73. The van der Waals surface area contributed by atoms with E-state index in [1.54, 1.807) is 0 Å². The van der Waals surface area contributed by atoms with Crippen molar-refractivity contribution in [2.75, 3.05) is 50.1 Å². The monoisotopic (exact) mass is 679 g/mol. The van der Waals surface area contributed by atoms with Crippen LogP contribution in [0.15, 0.2) is 48.5 Å². The average molecular weight is 679 g/mol. The lowest BCUT2D eigenvalue weighted by molar-refractivity contribution is 0.223. The molecule has 0 aromatic heterocycles. The first kappa shape index (κ1) is 42.1. The molecule has 0 fully saturated rings. The van der Waals surface area contributed by atoms with E-state index in [0.717, 1.165) is 48.7 Å². The molecular weight excluding hydrogens is 608 g/mol. The summed E-state index contributed by atoms with van der Waals surface area (Å²) in [4.78, 5) is 30.4. The molecule has 2 aromatic carbocycles. The summed E-state index contributed by atoms with van der Waals surface area (Å²) >= 11 is 0. The van der Waals surface area contributed by atoms with Crippen molar-refractivity contribution in [1.29, 1.82) is 0 Å². The first-order valence-electron chi connectivity index (χ1n) is 19.7. The molecule has 4 N–H and O–H groups in total.